The SMILES string of the molecule is CC(C)[C@H](NC(=O)[C@@H](N)Cc1cnc[nH]1)C(=O)N[C@@H](CCCCN)C(=O)N[C@@H](CCCCN)C(=O)N[C@@H](CCC(=O)O)C(=O)N[C@@H](CCCCN)C(=O)N[C@@H](CCC(=O)O)C(=O)N[C@@H](CCCCN)C(=O)N[C@@H](CC(N)=O)C(=O)N[C@@H](CCCCN)C(=O)O. The third-order valence-corrected chi connectivity index (χ3v) is 14.1. The first-order valence-electron chi connectivity index (χ1n) is 30.1. The summed E-state index contributed by atoms with van der Waals surface area (Å²) in [5, 5.41) is 51.6. The van der Waals surface area contributed by atoms with E-state index in [9.17, 15) is 77.6 Å². The van der Waals surface area contributed by atoms with Crippen LogP contribution in [0.25, 0.3) is 0 Å². The molecule has 0 spiro atoms. The number of H-pyrrole nitrogens is 1. The van der Waals surface area contributed by atoms with Crippen LogP contribution < -0.4 is 88.0 Å². The van der Waals surface area contributed by atoms with Gasteiger partial charge in [-0.1, -0.05) is 13.8 Å². The summed E-state index contributed by atoms with van der Waals surface area (Å²) in [5.74, 6) is -14.4. The summed E-state index contributed by atoms with van der Waals surface area (Å²) in [6.45, 7) is 4.26. The molecule has 0 aliphatic heterocycles. The number of carbonyl (C=O) groups excluding carboxylic acids is 10. The van der Waals surface area contributed by atoms with Crippen molar-refractivity contribution in [1.29, 1.82) is 0 Å². The van der Waals surface area contributed by atoms with Crippen molar-refractivity contribution in [2.24, 2.45) is 46.1 Å². The van der Waals surface area contributed by atoms with Gasteiger partial charge in [0, 0.05) is 31.2 Å². The van der Waals surface area contributed by atoms with E-state index in [0.717, 1.165) is 0 Å². The zero-order valence-electron chi connectivity index (χ0n) is 51.0. The van der Waals surface area contributed by atoms with Gasteiger partial charge in [-0.3, -0.25) is 57.5 Å². The molecule has 0 bridgehead atoms. The van der Waals surface area contributed by atoms with Crippen molar-refractivity contribution in [3.63, 3.8) is 0 Å². The molecule has 0 aromatic carbocycles. The Labute approximate surface area is 517 Å². The fraction of sp³-hybridized carbons (Fsp3) is 0.709. The highest BCUT2D eigenvalue weighted by Gasteiger charge is 2.37. The maximum absolute atomic E-state index is 14.3. The Balaban J connectivity index is 3.63. The highest BCUT2D eigenvalue weighted by molar-refractivity contribution is 5.99. The molecule has 1 heterocycles. The summed E-state index contributed by atoms with van der Waals surface area (Å²) in [5.41, 5.74) is 40.6. The maximum atomic E-state index is 14.3. The molecule has 89 heavy (non-hydrogen) atoms. The van der Waals surface area contributed by atoms with Crippen molar-refractivity contribution in [1.82, 2.24) is 57.8 Å². The van der Waals surface area contributed by atoms with Crippen molar-refractivity contribution in [3.05, 3.63) is 18.2 Å². The van der Waals surface area contributed by atoms with Crippen molar-refractivity contribution >= 4 is 77.0 Å². The molecule has 1 rings (SSSR count). The Bertz CT molecular complexity index is 2420. The molecule has 0 fully saturated rings. The minimum atomic E-state index is -1.75. The molecular formula is C55H98N18O16. The van der Waals surface area contributed by atoms with Crippen LogP contribution in [0.1, 0.15) is 148 Å². The van der Waals surface area contributed by atoms with Gasteiger partial charge in [0.25, 0.3) is 0 Å². The molecule has 0 saturated heterocycles. The van der Waals surface area contributed by atoms with Gasteiger partial charge in [0.1, 0.15) is 54.4 Å². The number of hydrogen-bond donors (Lipinski definition) is 20. The summed E-state index contributed by atoms with van der Waals surface area (Å²) < 4.78 is 0. The molecule has 34 nitrogen and oxygen atoms in total. The second-order valence-electron chi connectivity index (χ2n) is 21.9. The van der Waals surface area contributed by atoms with E-state index >= 15 is 0 Å². The number of nitrogens with zero attached hydrogens (tertiary/aromatic N) is 1. The first kappa shape index (κ1) is 79.1. The quantitative estimate of drug-likeness (QED) is 0.0271. The number of nitrogens with two attached hydrogens (primary N) is 7. The van der Waals surface area contributed by atoms with Gasteiger partial charge in [-0.05, 0) is 148 Å². The number of imidazole rings is 1. The van der Waals surface area contributed by atoms with Gasteiger partial charge in [-0.15, -0.1) is 0 Å². The van der Waals surface area contributed by atoms with Gasteiger partial charge < -0.3 is 108 Å². The molecule has 0 radical (unpaired) electrons. The molecule has 10 atom stereocenters. The number of rotatable bonds is 50. The number of aliphatic carboxylic acids is 3. The van der Waals surface area contributed by atoms with Gasteiger partial charge in [0.2, 0.25) is 59.1 Å². The van der Waals surface area contributed by atoms with E-state index in [0.29, 0.717) is 50.6 Å². The molecule has 0 aliphatic carbocycles. The Morgan fingerprint density at radius 1 is 0.427 bits per heavy atom. The Morgan fingerprint density at radius 3 is 1.02 bits per heavy atom. The highest BCUT2D eigenvalue weighted by Crippen LogP contribution is 2.13. The van der Waals surface area contributed by atoms with E-state index < -0.39 is 175 Å². The van der Waals surface area contributed by atoms with Crippen LogP contribution in [0.2, 0.25) is 0 Å². The molecule has 27 N–H and O–H groups in total. The van der Waals surface area contributed by atoms with Gasteiger partial charge in [-0.25, -0.2) is 9.78 Å². The maximum Gasteiger partial charge on any atom is 0.326 e. The normalized spacial score (nSPS) is 14.5. The summed E-state index contributed by atoms with van der Waals surface area (Å²) in [6, 6.07) is -14.8. The average Bonchev–Trinajstić information content (AvgIpc) is 4.19. The monoisotopic (exact) mass is 1270 g/mol. The number of aromatic amines is 1. The zero-order valence-corrected chi connectivity index (χ0v) is 51.0. The van der Waals surface area contributed by atoms with E-state index in [1.54, 1.807) is 13.8 Å². The van der Waals surface area contributed by atoms with Crippen LogP contribution in [0.4, 0.5) is 0 Å². The third-order valence-electron chi connectivity index (χ3n) is 14.1. The fourth-order valence-corrected chi connectivity index (χ4v) is 8.97. The Kier molecular flexibility index (Phi) is 39.5. The second kappa shape index (κ2) is 44.5. The molecule has 0 aliphatic rings. The van der Waals surface area contributed by atoms with Crippen LogP contribution in [0.3, 0.4) is 0 Å². The van der Waals surface area contributed by atoms with Crippen LogP contribution in [0.15, 0.2) is 12.5 Å². The molecule has 1 aromatic rings. The largest absolute Gasteiger partial charge is 0.481 e. The van der Waals surface area contributed by atoms with Crippen LogP contribution in [-0.4, -0.2) is 195 Å². The predicted octanol–water partition coefficient (Wildman–Crippen LogP) is -5.37. The van der Waals surface area contributed by atoms with E-state index in [-0.39, 0.29) is 90.5 Å². The molecular weight excluding hydrogens is 1170 g/mol. The zero-order chi connectivity index (χ0) is 67.0. The second-order valence-corrected chi connectivity index (χ2v) is 21.9. The van der Waals surface area contributed by atoms with Gasteiger partial charge in [-0.2, -0.15) is 0 Å². The Morgan fingerprint density at radius 2 is 0.730 bits per heavy atom. The number of carboxylic acid groups (broad SMARTS) is 3. The van der Waals surface area contributed by atoms with E-state index in [4.69, 9.17) is 40.1 Å². The number of carbonyl (C=O) groups is 13. The smallest absolute Gasteiger partial charge is 0.326 e. The van der Waals surface area contributed by atoms with Crippen LogP contribution in [-0.2, 0) is 68.7 Å². The van der Waals surface area contributed by atoms with Crippen molar-refractivity contribution in [2.45, 2.75) is 209 Å². The molecule has 0 saturated carbocycles. The van der Waals surface area contributed by atoms with Crippen LogP contribution in [0, 0.1) is 5.92 Å². The predicted molar refractivity (Wildman–Crippen MR) is 322 cm³/mol. The fourth-order valence-electron chi connectivity index (χ4n) is 8.97. The lowest BCUT2D eigenvalue weighted by Crippen LogP contribution is -2.61. The van der Waals surface area contributed by atoms with E-state index in [1.165, 1.54) is 12.5 Å². The van der Waals surface area contributed by atoms with Crippen molar-refractivity contribution in [2.75, 3.05) is 32.7 Å². The van der Waals surface area contributed by atoms with Gasteiger partial charge in [0.15, 0.2) is 0 Å². The first-order valence-corrected chi connectivity index (χ1v) is 30.1. The Hall–Kier alpha value is -7.92. The minimum absolute atomic E-state index is 0.0262. The average molecular weight is 1270 g/mol. The summed E-state index contributed by atoms with van der Waals surface area (Å²) in [4.78, 5) is 181. The number of unbranched alkanes of at least 4 members (excludes halogenated alkanes) is 5. The lowest BCUT2D eigenvalue weighted by atomic mass is 10.0. The van der Waals surface area contributed by atoms with Crippen LogP contribution >= 0.6 is 0 Å². The van der Waals surface area contributed by atoms with Crippen molar-refractivity contribution in [3.8, 4) is 0 Å². The van der Waals surface area contributed by atoms with Gasteiger partial charge in [0.05, 0.1) is 18.8 Å². The molecule has 10 amide bonds. The topological polar surface area (TPSA) is 602 Å². The lowest BCUT2D eigenvalue weighted by molar-refractivity contribution is -0.143. The van der Waals surface area contributed by atoms with Crippen LogP contribution in [0.5, 0.6) is 0 Å². The lowest BCUT2D eigenvalue weighted by Gasteiger charge is -2.29. The number of amides is 10. The number of carboxylic acids is 3. The summed E-state index contributed by atoms with van der Waals surface area (Å²) >= 11 is 0. The third kappa shape index (κ3) is 32.8. The minimum Gasteiger partial charge on any atom is -0.481 e. The number of nitrogens with one attached hydrogen (secondary N) is 10. The van der Waals surface area contributed by atoms with Crippen molar-refractivity contribution < 1.29 is 77.6 Å². The summed E-state index contributed by atoms with van der Waals surface area (Å²) in [6.07, 6.45) is 2.26. The number of primary amides is 1. The molecule has 0 unspecified atom stereocenters. The first-order chi connectivity index (χ1) is 42.2. The molecule has 1 aromatic heterocycles. The molecule has 34 heteroatoms. The summed E-state index contributed by atoms with van der Waals surface area (Å²) in [7, 11) is 0. The molecule has 504 valence electrons. The van der Waals surface area contributed by atoms with Gasteiger partial charge >= 0.3 is 17.9 Å². The number of hydrogen-bond acceptors (Lipinski definition) is 20. The standard InChI is InChI=1S/C55H98N18O16/c1-31(2)45(73-46(79)33(61)27-32-29-63-30-64-32)54(87)70-37(16-6-11-25-59)49(82)65-34(13-3-8-22-56)47(80)68-38(18-20-43(75)76)51(84)66-35(14-4-9-23-57)48(81)69-39(19-21-44(77)78)52(85)67-36(15-5-10-24-58)50(83)72-41(28-42(62)74)53(86)71-40(55(88)89)17-7-12-26-60/h29-31,33-41,45H,3-28,56-61H2,1-2H3,(H2,62,74)(H,63,64)(H,65,82)(H,66,84)(H,67,85)(H,68,80)(H,69,81)(H,70,87)(H,71,86)(H,72,83)(H,73,79)(H,75,76)(H,77,78)(H,88,89)/t33-,34-,35-,36-,37-,38-,39-,40-,41-,45-/m0/s1. The number of aromatic nitrogens is 2. The van der Waals surface area contributed by atoms with E-state index in [1.807, 2.05) is 0 Å². The van der Waals surface area contributed by atoms with E-state index in [2.05, 4.69) is 57.8 Å². The highest BCUT2D eigenvalue weighted by atomic mass is 16.4.